The van der Waals surface area contributed by atoms with Gasteiger partial charge in [0.25, 0.3) is 5.56 Å². The summed E-state index contributed by atoms with van der Waals surface area (Å²) in [4.78, 5) is 28.9. The topological polar surface area (TPSA) is 79.8 Å². The van der Waals surface area contributed by atoms with Crippen LogP contribution in [0.25, 0.3) is 21.8 Å². The van der Waals surface area contributed by atoms with Crippen LogP contribution in [0.3, 0.4) is 0 Å². The van der Waals surface area contributed by atoms with Crippen LogP contribution >= 0.6 is 11.6 Å². The molecule has 0 aliphatic heterocycles. The molecule has 6 nitrogen and oxygen atoms in total. The minimum Gasteiger partial charge on any atom is -0.324 e. The Bertz CT molecular complexity index is 1200. The molecule has 0 saturated heterocycles. The minimum absolute atomic E-state index is 0.215. The molecule has 0 spiro atoms. The van der Waals surface area contributed by atoms with E-state index in [0.29, 0.717) is 32.5 Å². The molecule has 26 heavy (non-hydrogen) atoms. The van der Waals surface area contributed by atoms with Gasteiger partial charge >= 0.3 is 0 Å². The van der Waals surface area contributed by atoms with Crippen LogP contribution in [0, 0.1) is 5.82 Å². The van der Waals surface area contributed by atoms with Crippen LogP contribution in [0.2, 0.25) is 5.02 Å². The van der Waals surface area contributed by atoms with Crippen molar-refractivity contribution in [3.63, 3.8) is 0 Å². The number of rotatable bonds is 3. The summed E-state index contributed by atoms with van der Waals surface area (Å²) in [6.07, 6.45) is 1.42. The summed E-state index contributed by atoms with van der Waals surface area (Å²) >= 11 is 5.81. The highest BCUT2D eigenvalue weighted by molar-refractivity contribution is 6.30. The van der Waals surface area contributed by atoms with Gasteiger partial charge in [-0.05, 0) is 42.5 Å². The van der Waals surface area contributed by atoms with E-state index in [1.54, 1.807) is 24.3 Å². The maximum Gasteiger partial charge on any atom is 0.276 e. The molecule has 1 amide bonds. The highest BCUT2D eigenvalue weighted by atomic mass is 35.5. The van der Waals surface area contributed by atoms with Gasteiger partial charge in [0.15, 0.2) is 0 Å². The number of anilines is 1. The number of hydrogen-bond donors (Lipinski definition) is 2. The molecule has 130 valence electrons. The summed E-state index contributed by atoms with van der Waals surface area (Å²) in [6, 6.07) is 10.8. The molecule has 4 rings (SSSR count). The molecular formula is C18H12ClFN4O2. The molecule has 0 atom stereocenters. The van der Waals surface area contributed by atoms with Crippen molar-refractivity contribution >= 4 is 45.0 Å². The van der Waals surface area contributed by atoms with Crippen molar-refractivity contribution in [2.45, 2.75) is 6.54 Å². The van der Waals surface area contributed by atoms with Crippen molar-refractivity contribution in [1.29, 1.82) is 0 Å². The normalized spacial score (nSPS) is 11.2. The number of H-pyrrole nitrogens is 1. The first kappa shape index (κ1) is 16.3. The zero-order valence-corrected chi connectivity index (χ0v) is 14.0. The Labute approximate surface area is 151 Å². The number of carbonyl (C=O) groups excluding carboxylic acids is 1. The number of fused-ring (bicyclic) bond motifs is 3. The first-order valence-corrected chi connectivity index (χ1v) is 8.11. The van der Waals surface area contributed by atoms with Crippen LogP contribution < -0.4 is 10.9 Å². The van der Waals surface area contributed by atoms with Crippen molar-refractivity contribution in [2.24, 2.45) is 0 Å². The molecule has 2 aromatic heterocycles. The summed E-state index contributed by atoms with van der Waals surface area (Å²) in [7, 11) is 0. The molecule has 0 bridgehead atoms. The number of aromatic nitrogens is 3. The van der Waals surface area contributed by atoms with Gasteiger partial charge in [-0.2, -0.15) is 0 Å². The molecule has 0 aliphatic carbocycles. The second-order valence-corrected chi connectivity index (χ2v) is 6.20. The molecule has 4 aromatic rings. The van der Waals surface area contributed by atoms with Crippen LogP contribution in [0.1, 0.15) is 0 Å². The van der Waals surface area contributed by atoms with E-state index in [9.17, 15) is 14.0 Å². The zero-order valence-electron chi connectivity index (χ0n) is 13.3. The summed E-state index contributed by atoms with van der Waals surface area (Å²) in [5.41, 5.74) is 1.17. The SMILES string of the molecule is O=C(Cn1[nH]c2c(cnc3ccc(F)cc32)c1=O)Nc1ccc(Cl)cc1. The maximum atomic E-state index is 13.6. The number of pyridine rings is 1. The Hall–Kier alpha value is -3.19. The number of amides is 1. The van der Waals surface area contributed by atoms with E-state index in [4.69, 9.17) is 11.6 Å². The van der Waals surface area contributed by atoms with Gasteiger partial charge < -0.3 is 5.32 Å². The van der Waals surface area contributed by atoms with Crippen LogP contribution in [0.15, 0.2) is 53.5 Å². The molecule has 0 radical (unpaired) electrons. The van der Waals surface area contributed by atoms with Crippen LogP contribution in [0.4, 0.5) is 10.1 Å². The fourth-order valence-electron chi connectivity index (χ4n) is 2.77. The standard InChI is InChI=1S/C18H12ClFN4O2/c19-10-1-4-12(5-2-10)22-16(25)9-24-18(26)14-8-21-15-6-3-11(20)7-13(15)17(14)23-24/h1-8,23H,9H2,(H,22,25). The quantitative estimate of drug-likeness (QED) is 0.580. The van der Waals surface area contributed by atoms with Crippen molar-refractivity contribution in [1.82, 2.24) is 14.8 Å². The molecule has 0 aliphatic rings. The van der Waals surface area contributed by atoms with Gasteiger partial charge in [-0.1, -0.05) is 11.6 Å². The Kier molecular flexibility index (Phi) is 3.93. The third kappa shape index (κ3) is 2.93. The van der Waals surface area contributed by atoms with Gasteiger partial charge in [-0.15, -0.1) is 0 Å². The Morgan fingerprint density at radius 2 is 1.96 bits per heavy atom. The van der Waals surface area contributed by atoms with E-state index in [1.807, 2.05) is 0 Å². The highest BCUT2D eigenvalue weighted by Crippen LogP contribution is 2.21. The van der Waals surface area contributed by atoms with E-state index in [-0.39, 0.29) is 12.5 Å². The number of hydrogen-bond acceptors (Lipinski definition) is 3. The van der Waals surface area contributed by atoms with Crippen molar-refractivity contribution in [3.8, 4) is 0 Å². The Morgan fingerprint density at radius 3 is 2.73 bits per heavy atom. The molecule has 2 aromatic carbocycles. The molecule has 0 fully saturated rings. The molecule has 8 heteroatoms. The first-order chi connectivity index (χ1) is 12.5. The van der Waals surface area contributed by atoms with Gasteiger partial charge in [0, 0.05) is 22.3 Å². The van der Waals surface area contributed by atoms with Crippen molar-refractivity contribution < 1.29 is 9.18 Å². The van der Waals surface area contributed by atoms with Gasteiger partial charge in [0.05, 0.1) is 16.4 Å². The second-order valence-electron chi connectivity index (χ2n) is 5.77. The maximum absolute atomic E-state index is 13.6. The van der Waals surface area contributed by atoms with Gasteiger partial charge in [-0.3, -0.25) is 19.7 Å². The molecule has 0 unspecified atom stereocenters. The number of nitrogens with one attached hydrogen (secondary N) is 2. The summed E-state index contributed by atoms with van der Waals surface area (Å²) in [5.74, 6) is -0.815. The van der Waals surface area contributed by atoms with E-state index in [2.05, 4.69) is 15.4 Å². The lowest BCUT2D eigenvalue weighted by molar-refractivity contribution is -0.116. The molecule has 2 N–H and O–H groups in total. The van der Waals surface area contributed by atoms with E-state index in [0.717, 1.165) is 0 Å². The van der Waals surface area contributed by atoms with Crippen LogP contribution in [-0.2, 0) is 11.3 Å². The minimum atomic E-state index is -0.430. The van der Waals surface area contributed by atoms with E-state index in [1.165, 1.54) is 29.1 Å². The number of carbonyl (C=O) groups is 1. The fraction of sp³-hybridized carbons (Fsp3) is 0.0556. The number of aromatic amines is 1. The molecular weight excluding hydrogens is 359 g/mol. The van der Waals surface area contributed by atoms with Gasteiger partial charge in [-0.25, -0.2) is 9.07 Å². The van der Waals surface area contributed by atoms with Gasteiger partial charge in [0.1, 0.15) is 12.4 Å². The Morgan fingerprint density at radius 1 is 1.19 bits per heavy atom. The highest BCUT2D eigenvalue weighted by Gasteiger charge is 2.13. The first-order valence-electron chi connectivity index (χ1n) is 7.73. The molecule has 2 heterocycles. The van der Waals surface area contributed by atoms with Crippen LogP contribution in [-0.4, -0.2) is 20.7 Å². The lowest BCUT2D eigenvalue weighted by Gasteiger charge is -2.05. The lowest BCUT2D eigenvalue weighted by Crippen LogP contribution is -2.26. The largest absolute Gasteiger partial charge is 0.324 e. The average molecular weight is 371 g/mol. The number of nitrogens with zero attached hydrogens (tertiary/aromatic N) is 2. The average Bonchev–Trinajstić information content (AvgIpc) is 2.93. The molecule has 0 saturated carbocycles. The smallest absolute Gasteiger partial charge is 0.276 e. The monoisotopic (exact) mass is 370 g/mol. The predicted octanol–water partition coefficient (Wildman–Crippen LogP) is 3.31. The number of benzene rings is 2. The van der Waals surface area contributed by atoms with E-state index < -0.39 is 11.4 Å². The van der Waals surface area contributed by atoms with Gasteiger partial charge in [0.2, 0.25) is 5.91 Å². The van der Waals surface area contributed by atoms with Crippen molar-refractivity contribution in [2.75, 3.05) is 5.32 Å². The van der Waals surface area contributed by atoms with E-state index >= 15 is 0 Å². The summed E-state index contributed by atoms with van der Waals surface area (Å²) in [5, 5.41) is 6.89. The lowest BCUT2D eigenvalue weighted by atomic mass is 10.2. The summed E-state index contributed by atoms with van der Waals surface area (Å²) < 4.78 is 14.7. The van der Waals surface area contributed by atoms with Crippen molar-refractivity contribution in [3.05, 3.63) is 69.9 Å². The summed E-state index contributed by atoms with van der Waals surface area (Å²) in [6.45, 7) is -0.215. The third-order valence-electron chi connectivity index (χ3n) is 3.98. The fourth-order valence-corrected chi connectivity index (χ4v) is 2.89. The second kappa shape index (κ2) is 6.27. The zero-order chi connectivity index (χ0) is 18.3. The number of halogens is 2. The predicted molar refractivity (Wildman–Crippen MR) is 97.9 cm³/mol. The third-order valence-corrected chi connectivity index (χ3v) is 4.23. The van der Waals surface area contributed by atoms with Crippen LogP contribution in [0.5, 0.6) is 0 Å². The Balaban J connectivity index is 1.68.